The Morgan fingerprint density at radius 3 is 2.06 bits per heavy atom. The Balaban J connectivity index is 1.55. The fraction of sp³-hybridized carbons (Fsp3) is 0.657. The molecule has 0 amide bonds. The zero-order valence-electron chi connectivity index (χ0n) is 29.2. The average molecular weight is 759 g/mol. The highest BCUT2D eigenvalue weighted by Gasteiger charge is 2.30. The van der Waals surface area contributed by atoms with Crippen molar-refractivity contribution in [2.45, 2.75) is 110 Å². The highest BCUT2D eigenvalue weighted by molar-refractivity contribution is 8.18. The van der Waals surface area contributed by atoms with Gasteiger partial charge in [0.15, 0.2) is 5.78 Å². The molecule has 2 aromatic heterocycles. The van der Waals surface area contributed by atoms with Crippen molar-refractivity contribution in [3.05, 3.63) is 48.8 Å². The zero-order chi connectivity index (χ0) is 34.6. The van der Waals surface area contributed by atoms with Crippen LogP contribution in [0, 0.1) is 0 Å². The monoisotopic (exact) mass is 758 g/mol. The Kier molecular flexibility index (Phi) is 20.9. The largest absolute Gasteiger partial charge is 0.460 e. The van der Waals surface area contributed by atoms with Gasteiger partial charge in [0.1, 0.15) is 11.2 Å². The number of hydrogen-bond acceptors (Lipinski definition) is 12. The maximum Gasteiger partial charge on any atom is 0.307 e. The summed E-state index contributed by atoms with van der Waals surface area (Å²) in [7, 11) is 0. The van der Waals surface area contributed by atoms with Crippen LogP contribution in [0.4, 0.5) is 0 Å². The molecule has 0 saturated carbocycles. The molecule has 2 atom stereocenters. The number of esters is 1. The van der Waals surface area contributed by atoms with E-state index in [1.54, 1.807) is 11.8 Å². The van der Waals surface area contributed by atoms with Crippen LogP contribution in [-0.4, -0.2) is 82.7 Å². The SMILES string of the molecule is CCC(SCCSCCC(=O)OC(C)(C)CCOC(C)(C)C(=O)CCSCCSC(C)(CC)Sc1ccccn1)Sc1ccccn1. The molecule has 0 spiro atoms. The van der Waals surface area contributed by atoms with Crippen LogP contribution in [0.15, 0.2) is 58.8 Å². The summed E-state index contributed by atoms with van der Waals surface area (Å²) >= 11 is 11.2. The van der Waals surface area contributed by atoms with Crippen molar-refractivity contribution in [3.8, 4) is 0 Å². The number of Topliss-reactive ketones (excluding diaryl/α,β-unsaturated/α-hetero) is 1. The standard InChI is InChI=1S/C35H54N2O4S6/c1-8-32(46-29-14-10-12-19-36-29)44-26-24-43-23-17-31(39)41-33(3,4)18-21-40-34(5,6)28(38)16-22-42-25-27-45-35(7,9-2)47-30-15-11-13-20-37-30/h10-15,19-20,32H,8-9,16-18,21-27H2,1-7H3. The summed E-state index contributed by atoms with van der Waals surface area (Å²) in [4.78, 5) is 34.3. The summed E-state index contributed by atoms with van der Waals surface area (Å²) in [5.41, 5.74) is -1.51. The van der Waals surface area contributed by atoms with Gasteiger partial charge in [-0.05, 0) is 71.7 Å². The fourth-order valence-corrected chi connectivity index (χ4v) is 11.0. The first-order valence-corrected chi connectivity index (χ1v) is 22.4. The molecule has 0 radical (unpaired) electrons. The number of thioether (sulfide) groups is 6. The van der Waals surface area contributed by atoms with Crippen LogP contribution in [0.5, 0.6) is 0 Å². The third-order valence-corrected chi connectivity index (χ3v) is 15.6. The van der Waals surface area contributed by atoms with Crippen molar-refractivity contribution >= 4 is 82.3 Å². The predicted octanol–water partition coefficient (Wildman–Crippen LogP) is 10.0. The number of rotatable bonds is 26. The summed E-state index contributed by atoms with van der Waals surface area (Å²) in [6, 6.07) is 12.1. The Labute approximate surface area is 309 Å². The smallest absolute Gasteiger partial charge is 0.307 e. The van der Waals surface area contributed by atoms with Crippen LogP contribution in [-0.2, 0) is 19.1 Å². The number of carbonyl (C=O) groups is 2. The first kappa shape index (κ1) is 42.7. The molecule has 6 nitrogen and oxygen atoms in total. The normalized spacial score (nSPS) is 14.0. The Morgan fingerprint density at radius 2 is 1.45 bits per heavy atom. The lowest BCUT2D eigenvalue weighted by Gasteiger charge is -2.29. The lowest BCUT2D eigenvalue weighted by atomic mass is 10.0. The molecule has 0 N–H and O–H groups in total. The highest BCUT2D eigenvalue weighted by atomic mass is 32.2. The first-order valence-electron chi connectivity index (χ1n) is 16.4. The van der Waals surface area contributed by atoms with Crippen LogP contribution < -0.4 is 0 Å². The second kappa shape index (κ2) is 23.1. The lowest BCUT2D eigenvalue weighted by molar-refractivity contribution is -0.160. The molecule has 0 bridgehead atoms. The van der Waals surface area contributed by atoms with Crippen LogP contribution >= 0.6 is 70.6 Å². The van der Waals surface area contributed by atoms with Gasteiger partial charge in [-0.1, -0.05) is 49.5 Å². The molecule has 0 aliphatic rings. The Morgan fingerprint density at radius 1 is 0.809 bits per heavy atom. The van der Waals surface area contributed by atoms with Crippen LogP contribution in [0.1, 0.15) is 80.6 Å². The number of pyridine rings is 2. The maximum atomic E-state index is 12.9. The summed E-state index contributed by atoms with van der Waals surface area (Å²) in [6.07, 6.45) is 7.21. The van der Waals surface area contributed by atoms with Crippen molar-refractivity contribution in [2.24, 2.45) is 0 Å². The van der Waals surface area contributed by atoms with Crippen molar-refractivity contribution in [1.82, 2.24) is 9.97 Å². The van der Waals surface area contributed by atoms with Crippen LogP contribution in [0.25, 0.3) is 0 Å². The average Bonchev–Trinajstić information content (AvgIpc) is 3.04. The minimum absolute atomic E-state index is 0.0833. The van der Waals surface area contributed by atoms with Gasteiger partial charge in [0.05, 0.1) is 31.7 Å². The summed E-state index contributed by atoms with van der Waals surface area (Å²) in [5, 5.41) is 2.12. The first-order chi connectivity index (χ1) is 22.4. The van der Waals surface area contributed by atoms with Crippen LogP contribution in [0.3, 0.4) is 0 Å². The highest BCUT2D eigenvalue weighted by Crippen LogP contribution is 2.43. The van der Waals surface area contributed by atoms with E-state index in [1.807, 2.05) is 123 Å². The van der Waals surface area contributed by atoms with E-state index in [4.69, 9.17) is 9.47 Å². The van der Waals surface area contributed by atoms with Gasteiger partial charge in [-0.3, -0.25) is 9.59 Å². The molecule has 2 aromatic rings. The summed E-state index contributed by atoms with van der Waals surface area (Å²) in [6.45, 7) is 14.6. The van der Waals surface area contributed by atoms with E-state index in [2.05, 4.69) is 42.9 Å². The van der Waals surface area contributed by atoms with Crippen molar-refractivity contribution < 1.29 is 19.1 Å². The van der Waals surface area contributed by atoms with Gasteiger partial charge in [-0.15, -0.1) is 23.5 Å². The van der Waals surface area contributed by atoms with E-state index in [9.17, 15) is 9.59 Å². The number of ketones is 1. The molecule has 2 unspecified atom stereocenters. The van der Waals surface area contributed by atoms with Crippen molar-refractivity contribution in [2.75, 3.05) is 41.1 Å². The molecular formula is C35H54N2O4S6. The van der Waals surface area contributed by atoms with E-state index in [-0.39, 0.29) is 15.8 Å². The zero-order valence-corrected chi connectivity index (χ0v) is 34.1. The van der Waals surface area contributed by atoms with Gasteiger partial charge in [-0.2, -0.15) is 23.5 Å². The van der Waals surface area contributed by atoms with Gasteiger partial charge in [0.2, 0.25) is 0 Å². The molecule has 264 valence electrons. The third-order valence-electron chi connectivity index (χ3n) is 7.14. The lowest BCUT2D eigenvalue weighted by Crippen LogP contribution is -2.38. The quantitative estimate of drug-likeness (QED) is 0.0397. The van der Waals surface area contributed by atoms with Gasteiger partial charge in [0.25, 0.3) is 0 Å². The van der Waals surface area contributed by atoms with E-state index >= 15 is 0 Å². The maximum absolute atomic E-state index is 12.9. The van der Waals surface area contributed by atoms with E-state index in [0.29, 0.717) is 30.5 Å². The molecule has 47 heavy (non-hydrogen) atoms. The molecule has 0 saturated heterocycles. The molecule has 2 rings (SSSR count). The minimum Gasteiger partial charge on any atom is -0.460 e. The van der Waals surface area contributed by atoms with E-state index in [0.717, 1.165) is 57.4 Å². The second-order valence-corrected chi connectivity index (χ2v) is 20.8. The van der Waals surface area contributed by atoms with Gasteiger partial charge in [-0.25, -0.2) is 9.97 Å². The second-order valence-electron chi connectivity index (χ2n) is 12.1. The topological polar surface area (TPSA) is 78.4 Å². The van der Waals surface area contributed by atoms with Gasteiger partial charge in [0, 0.05) is 59.8 Å². The van der Waals surface area contributed by atoms with Gasteiger partial charge < -0.3 is 9.47 Å². The molecule has 0 aliphatic heterocycles. The molecule has 2 heterocycles. The van der Waals surface area contributed by atoms with Crippen molar-refractivity contribution in [3.63, 3.8) is 0 Å². The van der Waals surface area contributed by atoms with Crippen molar-refractivity contribution in [1.29, 1.82) is 0 Å². The minimum atomic E-state index is -0.864. The molecule has 12 heteroatoms. The molecular weight excluding hydrogens is 705 g/mol. The fourth-order valence-electron chi connectivity index (χ4n) is 4.04. The van der Waals surface area contributed by atoms with E-state index < -0.39 is 11.2 Å². The molecule has 0 fully saturated rings. The number of hydrogen-bond donors (Lipinski definition) is 0. The Bertz CT molecular complexity index is 1160. The van der Waals surface area contributed by atoms with E-state index in [1.165, 1.54) is 0 Å². The number of ether oxygens (including phenoxy) is 2. The number of aromatic nitrogens is 2. The Hall–Kier alpha value is -0.500. The summed E-state index contributed by atoms with van der Waals surface area (Å²) < 4.78 is 12.4. The summed E-state index contributed by atoms with van der Waals surface area (Å²) in [5.74, 6) is 5.51. The molecule has 0 aliphatic carbocycles. The predicted molar refractivity (Wildman–Crippen MR) is 212 cm³/mol. The molecule has 0 aromatic carbocycles. The third kappa shape index (κ3) is 18.9. The number of nitrogens with zero attached hydrogens (tertiary/aromatic N) is 2. The van der Waals surface area contributed by atoms with Gasteiger partial charge >= 0.3 is 5.97 Å². The number of carbonyl (C=O) groups excluding carboxylic acids is 2. The van der Waals surface area contributed by atoms with Crippen LogP contribution in [0.2, 0.25) is 0 Å².